The van der Waals surface area contributed by atoms with Crippen LogP contribution in [0.1, 0.15) is 11.1 Å². The van der Waals surface area contributed by atoms with Gasteiger partial charge in [0, 0.05) is 15.1 Å². The molecule has 0 bridgehead atoms. The predicted octanol–water partition coefficient (Wildman–Crippen LogP) is 2.88. The van der Waals surface area contributed by atoms with Crippen LogP contribution in [0.5, 0.6) is 0 Å². The van der Waals surface area contributed by atoms with Crippen molar-refractivity contribution < 1.29 is 10.1 Å². The van der Waals surface area contributed by atoms with E-state index >= 15 is 0 Å². The lowest BCUT2D eigenvalue weighted by molar-refractivity contribution is 0.0847. The normalized spacial score (nSPS) is 13.8. The summed E-state index contributed by atoms with van der Waals surface area (Å²) >= 11 is 8.14. The van der Waals surface area contributed by atoms with Gasteiger partial charge < -0.3 is 15.4 Å². The van der Waals surface area contributed by atoms with Crippen LogP contribution in [0.25, 0.3) is 0 Å². The number of hydrogen-bond acceptors (Lipinski definition) is 3. The largest absolute Gasteiger partial charge is 0.437 e. The molecule has 2 aromatic rings. The SMILES string of the molecule is CB(O)NCC(O)(c1ccc(Cl)cc1)c1ccc(I)cc1. The van der Waals surface area contributed by atoms with Crippen molar-refractivity contribution >= 4 is 41.2 Å². The molecule has 0 saturated carbocycles. The van der Waals surface area contributed by atoms with Gasteiger partial charge >= 0.3 is 7.05 Å². The van der Waals surface area contributed by atoms with Gasteiger partial charge in [-0.15, -0.1) is 0 Å². The van der Waals surface area contributed by atoms with E-state index in [1.54, 1.807) is 31.1 Å². The van der Waals surface area contributed by atoms with Crippen LogP contribution >= 0.6 is 34.2 Å². The van der Waals surface area contributed by atoms with E-state index in [0.717, 1.165) is 14.7 Å². The molecule has 2 rings (SSSR count). The van der Waals surface area contributed by atoms with Crippen molar-refractivity contribution in [2.45, 2.75) is 12.4 Å². The maximum atomic E-state index is 11.2. The van der Waals surface area contributed by atoms with Crippen molar-refractivity contribution in [3.8, 4) is 0 Å². The first-order valence-electron chi connectivity index (χ1n) is 6.58. The summed E-state index contributed by atoms with van der Waals surface area (Å²) in [5.74, 6) is 0. The molecule has 6 heteroatoms. The third kappa shape index (κ3) is 4.20. The zero-order valence-corrected chi connectivity index (χ0v) is 14.5. The molecule has 0 saturated heterocycles. The Morgan fingerprint density at radius 1 is 1.10 bits per heavy atom. The molecule has 3 N–H and O–H groups in total. The molecule has 0 spiro atoms. The van der Waals surface area contributed by atoms with Crippen LogP contribution in [0, 0.1) is 3.57 Å². The Bertz CT molecular complexity index is 544. The third-order valence-corrected chi connectivity index (χ3v) is 4.27. The van der Waals surface area contributed by atoms with Gasteiger partial charge in [-0.2, -0.15) is 0 Å². The van der Waals surface area contributed by atoms with E-state index in [-0.39, 0.29) is 6.54 Å². The molecule has 0 radical (unpaired) electrons. The smallest absolute Gasteiger partial charge is 0.373 e. The molecule has 21 heavy (non-hydrogen) atoms. The van der Waals surface area contributed by atoms with Crippen molar-refractivity contribution in [2.75, 3.05) is 6.54 Å². The highest BCUT2D eigenvalue weighted by Crippen LogP contribution is 2.30. The van der Waals surface area contributed by atoms with Gasteiger partial charge in [0.1, 0.15) is 5.60 Å². The lowest BCUT2D eigenvalue weighted by Gasteiger charge is -2.30. The minimum Gasteiger partial charge on any atom is -0.437 e. The van der Waals surface area contributed by atoms with Gasteiger partial charge in [0.2, 0.25) is 0 Å². The van der Waals surface area contributed by atoms with Crippen LogP contribution in [-0.4, -0.2) is 23.7 Å². The van der Waals surface area contributed by atoms with Crippen molar-refractivity contribution in [2.24, 2.45) is 0 Å². The lowest BCUT2D eigenvalue weighted by atomic mass is 9.82. The molecule has 0 aliphatic rings. The Morgan fingerprint density at radius 2 is 1.57 bits per heavy atom. The Hall–Kier alpha value is -0.595. The molecule has 2 aromatic carbocycles. The fraction of sp³-hybridized carbons (Fsp3) is 0.200. The molecular weight excluding hydrogens is 399 g/mol. The Kier molecular flexibility index (Phi) is 5.68. The minimum absolute atomic E-state index is 0.201. The van der Waals surface area contributed by atoms with Gasteiger partial charge in [0.05, 0.1) is 0 Å². The standard InChI is InChI=1S/C15H16BClINO2/c1-16(21)19-10-15(20,11-2-6-13(17)7-3-11)12-4-8-14(18)9-5-12/h2-9,19-21H,10H2,1H3. The second-order valence-corrected chi connectivity index (χ2v) is 6.61. The Morgan fingerprint density at radius 3 is 2.05 bits per heavy atom. The molecule has 0 aromatic heterocycles. The highest BCUT2D eigenvalue weighted by atomic mass is 127. The number of halogens is 2. The van der Waals surface area contributed by atoms with Crippen molar-refractivity contribution in [3.05, 3.63) is 68.3 Å². The van der Waals surface area contributed by atoms with Gasteiger partial charge in [0.25, 0.3) is 0 Å². The topological polar surface area (TPSA) is 52.5 Å². The van der Waals surface area contributed by atoms with Gasteiger partial charge in [-0.05, 0) is 64.8 Å². The molecule has 0 aliphatic carbocycles. The fourth-order valence-corrected chi connectivity index (χ4v) is 2.60. The number of hydrogen-bond donors (Lipinski definition) is 3. The van der Waals surface area contributed by atoms with Crippen molar-refractivity contribution in [1.82, 2.24) is 5.23 Å². The first-order valence-corrected chi connectivity index (χ1v) is 8.03. The van der Waals surface area contributed by atoms with Gasteiger partial charge in [-0.3, -0.25) is 0 Å². The molecule has 1 unspecified atom stereocenters. The van der Waals surface area contributed by atoms with E-state index < -0.39 is 12.7 Å². The summed E-state index contributed by atoms with van der Waals surface area (Å²) in [7, 11) is -0.701. The van der Waals surface area contributed by atoms with E-state index in [0.29, 0.717) is 5.02 Å². The maximum absolute atomic E-state index is 11.2. The molecule has 0 amide bonds. The van der Waals surface area contributed by atoms with Crippen LogP contribution in [0.2, 0.25) is 11.8 Å². The molecule has 0 fully saturated rings. The second-order valence-electron chi connectivity index (χ2n) is 4.93. The average Bonchev–Trinajstić information content (AvgIpc) is 2.46. The van der Waals surface area contributed by atoms with Gasteiger partial charge in [0.15, 0.2) is 0 Å². The van der Waals surface area contributed by atoms with Crippen LogP contribution in [0.15, 0.2) is 48.5 Å². The first kappa shape index (κ1) is 16.8. The summed E-state index contributed by atoms with van der Waals surface area (Å²) in [4.78, 5) is 0. The quantitative estimate of drug-likeness (QED) is 0.520. The molecular formula is C15H16BClINO2. The zero-order valence-electron chi connectivity index (χ0n) is 11.6. The number of aliphatic hydroxyl groups is 1. The number of rotatable bonds is 5. The van der Waals surface area contributed by atoms with Crippen LogP contribution in [0.4, 0.5) is 0 Å². The van der Waals surface area contributed by atoms with Crippen LogP contribution in [-0.2, 0) is 5.60 Å². The van der Waals surface area contributed by atoms with Gasteiger partial charge in [-0.25, -0.2) is 0 Å². The Labute approximate surface area is 143 Å². The molecule has 3 nitrogen and oxygen atoms in total. The van der Waals surface area contributed by atoms with E-state index in [2.05, 4.69) is 27.8 Å². The third-order valence-electron chi connectivity index (χ3n) is 3.30. The molecule has 110 valence electrons. The van der Waals surface area contributed by atoms with Gasteiger partial charge in [-0.1, -0.05) is 35.9 Å². The first-order chi connectivity index (χ1) is 9.91. The van der Waals surface area contributed by atoms with Crippen LogP contribution < -0.4 is 5.23 Å². The summed E-state index contributed by atoms with van der Waals surface area (Å²) in [6, 6.07) is 14.8. The number of nitrogens with one attached hydrogen (secondary N) is 1. The predicted molar refractivity (Wildman–Crippen MR) is 95.4 cm³/mol. The van der Waals surface area contributed by atoms with E-state index in [1.807, 2.05) is 24.3 Å². The molecule has 1 atom stereocenters. The minimum atomic E-state index is -1.23. The fourth-order valence-electron chi connectivity index (χ4n) is 2.12. The summed E-state index contributed by atoms with van der Waals surface area (Å²) in [5, 5.41) is 24.1. The van der Waals surface area contributed by atoms with E-state index in [1.165, 1.54) is 0 Å². The second kappa shape index (κ2) is 7.11. The summed E-state index contributed by atoms with van der Waals surface area (Å²) < 4.78 is 1.10. The van der Waals surface area contributed by atoms with Crippen LogP contribution in [0.3, 0.4) is 0 Å². The zero-order chi connectivity index (χ0) is 15.5. The van der Waals surface area contributed by atoms with Crippen molar-refractivity contribution in [1.29, 1.82) is 0 Å². The highest BCUT2D eigenvalue weighted by Gasteiger charge is 2.32. The average molecular weight is 415 g/mol. The molecule has 0 aliphatic heterocycles. The van der Waals surface area contributed by atoms with E-state index in [4.69, 9.17) is 11.6 Å². The summed E-state index contributed by atoms with van der Waals surface area (Å²) in [5.41, 5.74) is 0.256. The van der Waals surface area contributed by atoms with Crippen molar-refractivity contribution in [3.63, 3.8) is 0 Å². The maximum Gasteiger partial charge on any atom is 0.373 e. The monoisotopic (exact) mass is 415 g/mol. The summed E-state index contributed by atoms with van der Waals surface area (Å²) in [6.45, 7) is 1.82. The highest BCUT2D eigenvalue weighted by molar-refractivity contribution is 14.1. The lowest BCUT2D eigenvalue weighted by Crippen LogP contribution is -2.44. The summed E-state index contributed by atoms with van der Waals surface area (Å²) in [6.07, 6.45) is 0. The molecule has 0 heterocycles. The Balaban J connectivity index is 2.42. The van der Waals surface area contributed by atoms with E-state index in [9.17, 15) is 10.1 Å². The number of benzene rings is 2.